The molecule has 135 heavy (non-hydrogen) atoms. The van der Waals surface area contributed by atoms with Gasteiger partial charge in [0.1, 0.15) is 51.0 Å². The summed E-state index contributed by atoms with van der Waals surface area (Å²) in [6, 6.07) is -0.399. The Kier molecular flexibility index (Phi) is 41.7. The van der Waals surface area contributed by atoms with Gasteiger partial charge in [-0.25, -0.2) is 28.8 Å². The summed E-state index contributed by atoms with van der Waals surface area (Å²) in [5.74, 6) is -13.9. The number of nitrogens with zero attached hydrogens (tertiary/aromatic N) is 13. The van der Waals surface area contributed by atoms with Crippen LogP contribution in [0.2, 0.25) is 0 Å². The van der Waals surface area contributed by atoms with E-state index in [9.17, 15) is 129 Å². The van der Waals surface area contributed by atoms with Gasteiger partial charge in [-0.3, -0.25) is 158 Å². The molecule has 6 heterocycles. The molecule has 56 heteroatoms. The summed E-state index contributed by atoms with van der Waals surface area (Å²) < 4.78 is 4.73. The maximum atomic E-state index is 14.3. The molecule has 0 aliphatic carbocycles. The third-order valence-electron chi connectivity index (χ3n) is 20.1. The van der Waals surface area contributed by atoms with Crippen LogP contribution in [0.15, 0.2) is 94.6 Å². The highest BCUT2D eigenvalue weighted by atomic mass is 16.2. The number of nitrogens with two attached hydrogens (primary N) is 2. The monoisotopic (exact) mass is 1900 g/mol. The standard InChI is InChI=1S/C79H111N29O27/c1-46-29-103(74(130)91-68(46)124)40-61(117)97(35-56(112)85-18-25-99(63(119)42-105-31-48(3)70(126)93-76(105)132)37-58(114)87-20-27-102(39-60(116)89-52(67(81)123)12-9-10-13-80)65(121)44-107-33-50(5)72(128)95-78(107)134)23-16-83-55(111)34-98(62(118)41-104-30-47(2)69(125)92-75(104)131)24-17-84-57(113)36-100(64(120)43-106-32-49(4)71(127)94-77(106)133)26-19-86-59(115)38-101(22-15-82-51(6)109)66(122)45-108-53(28-54(110)90-79(108)135)73(129)88-14-11-21-96(7)8/h28-33,52H,9-27,34-45,80H2,1-8H3,(H2,81,123)(H,82,109)(H,83,111)(H,84,113)(H,85,112)(H,86,115)(H,87,114)(H,88,129)(H,89,116)(H,90,110,135)(H,91,124,130)(H,92,125,131)(H,93,126,132)(H,94,127,133)(H,95,128,134)/t52-/m0/s1. The van der Waals surface area contributed by atoms with Crippen LogP contribution in [0.5, 0.6) is 0 Å². The Morgan fingerprint density at radius 1 is 0.341 bits per heavy atom. The average Bonchev–Trinajstić information content (AvgIpc) is 0.812. The summed E-state index contributed by atoms with van der Waals surface area (Å²) in [6.45, 7) is -7.40. The van der Waals surface area contributed by atoms with Crippen LogP contribution in [0.3, 0.4) is 0 Å². The first-order chi connectivity index (χ1) is 63.7. The van der Waals surface area contributed by atoms with E-state index in [1.54, 1.807) is 14.1 Å². The Bertz CT molecular complexity index is 6180. The zero-order valence-electron chi connectivity index (χ0n) is 75.5. The second kappa shape index (κ2) is 52.2. The van der Waals surface area contributed by atoms with Gasteiger partial charge in [0, 0.05) is 157 Å². The van der Waals surface area contributed by atoms with Crippen LogP contribution >= 0.6 is 0 Å². The fourth-order valence-corrected chi connectivity index (χ4v) is 12.8. The molecular formula is C79H111N29O27. The van der Waals surface area contributed by atoms with E-state index in [0.717, 1.165) is 89.3 Å². The van der Waals surface area contributed by atoms with Crippen molar-refractivity contribution in [1.29, 1.82) is 0 Å². The number of rotatable bonds is 53. The number of nitrogens with one attached hydrogen (secondary N) is 14. The second-order valence-electron chi connectivity index (χ2n) is 31.3. The summed E-state index contributed by atoms with van der Waals surface area (Å²) >= 11 is 0. The largest absolute Gasteiger partial charge is 0.368 e. The number of carbonyl (C=O) groups is 15. The third-order valence-corrected chi connectivity index (χ3v) is 20.1. The molecule has 0 unspecified atom stereocenters. The zero-order valence-corrected chi connectivity index (χ0v) is 75.5. The lowest BCUT2D eigenvalue weighted by atomic mass is 10.1. The molecule has 6 aromatic rings. The van der Waals surface area contributed by atoms with Crippen molar-refractivity contribution in [3.05, 3.63) is 196 Å². The lowest BCUT2D eigenvalue weighted by molar-refractivity contribution is -0.138. The predicted molar refractivity (Wildman–Crippen MR) is 474 cm³/mol. The van der Waals surface area contributed by atoms with Crippen molar-refractivity contribution >= 4 is 88.6 Å². The maximum absolute atomic E-state index is 14.3. The lowest BCUT2D eigenvalue weighted by Crippen LogP contribution is -2.51. The fourth-order valence-electron chi connectivity index (χ4n) is 12.8. The number of hydrogen-bond acceptors (Lipinski definition) is 29. The topological polar surface area (TPSA) is 756 Å². The van der Waals surface area contributed by atoms with E-state index in [4.69, 9.17) is 11.5 Å². The molecular weight excluding hydrogens is 1790 g/mol. The van der Waals surface area contributed by atoms with Gasteiger partial charge in [0.2, 0.25) is 82.7 Å². The number of amides is 15. The van der Waals surface area contributed by atoms with E-state index in [1.165, 1.54) is 41.5 Å². The Hall–Kier alpha value is -16.0. The number of unbranched alkanes of at least 4 members (excludes halogenated alkanes) is 1. The van der Waals surface area contributed by atoms with Crippen molar-refractivity contribution in [2.45, 2.75) is 113 Å². The molecule has 1 atom stereocenters. The van der Waals surface area contributed by atoms with Gasteiger partial charge in [0.15, 0.2) is 0 Å². The molecule has 0 radical (unpaired) electrons. The summed E-state index contributed by atoms with van der Waals surface area (Å²) in [6.07, 6.45) is 6.67. The number of carbonyl (C=O) groups excluding carboxylic acids is 15. The minimum Gasteiger partial charge on any atom is -0.368 e. The highest BCUT2D eigenvalue weighted by Gasteiger charge is 2.30. The number of H-pyrrole nitrogens is 6. The summed E-state index contributed by atoms with van der Waals surface area (Å²) in [5, 5.41) is 19.9. The van der Waals surface area contributed by atoms with E-state index in [0.29, 0.717) is 30.4 Å². The number of aromatic nitrogens is 12. The van der Waals surface area contributed by atoms with E-state index in [1.807, 2.05) is 34.8 Å². The summed E-state index contributed by atoms with van der Waals surface area (Å²) in [7, 11) is 3.60. The van der Waals surface area contributed by atoms with Crippen LogP contribution in [0, 0.1) is 34.6 Å². The Labute approximate surface area is 762 Å². The van der Waals surface area contributed by atoms with Crippen LogP contribution in [0.4, 0.5) is 0 Å². The van der Waals surface area contributed by atoms with Crippen LogP contribution < -0.4 is 121 Å². The molecule has 18 N–H and O–H groups in total. The van der Waals surface area contributed by atoms with Gasteiger partial charge in [0.25, 0.3) is 39.3 Å². The fraction of sp³-hybridized carbons (Fsp3) is 0.506. The second-order valence-corrected chi connectivity index (χ2v) is 31.3. The Morgan fingerprint density at radius 3 is 0.881 bits per heavy atom. The van der Waals surface area contributed by atoms with Crippen molar-refractivity contribution in [2.24, 2.45) is 11.5 Å². The molecule has 56 nitrogen and oxygen atoms in total. The van der Waals surface area contributed by atoms with Gasteiger partial charge < -0.3 is 88.3 Å². The van der Waals surface area contributed by atoms with Crippen molar-refractivity contribution < 1.29 is 71.9 Å². The van der Waals surface area contributed by atoms with Crippen LogP contribution in [-0.4, -0.2) is 338 Å². The van der Waals surface area contributed by atoms with E-state index < -0.39 is 312 Å². The quantitative estimate of drug-likeness (QED) is 0.0158. The Morgan fingerprint density at radius 2 is 0.615 bits per heavy atom. The summed E-state index contributed by atoms with van der Waals surface area (Å²) in [5.41, 5.74) is -0.651. The van der Waals surface area contributed by atoms with Gasteiger partial charge in [0.05, 0.1) is 39.3 Å². The maximum Gasteiger partial charge on any atom is 0.329 e. The number of aromatic amines is 6. The SMILES string of the molecule is CC(=O)NCCN(CC(=O)NCCN(CC(=O)NCCN(CC(=O)NCCN(CC(=O)NCCN(CC(=O)NCCN(CC(=O)N[C@@H](CCCCN)C(N)=O)C(=O)Cn1cc(C)c(=O)[nH]c1=O)C(=O)Cn1cc(C)c(=O)[nH]c1=O)C(=O)Cn1cc(C)c(=O)[nH]c1=O)C(=O)Cn1cc(C)c(=O)[nH]c1=O)C(=O)Cn1cc(C)c(=O)[nH]c1=O)C(=O)Cn1c(C(=O)NCCCN(C)C)cc(=O)[nH]c1=O. The first-order valence-electron chi connectivity index (χ1n) is 42.0. The number of aryl methyl sites for hydroxylation is 5. The van der Waals surface area contributed by atoms with Gasteiger partial charge in [-0.05, 0) is 87.5 Å². The van der Waals surface area contributed by atoms with Gasteiger partial charge in [-0.1, -0.05) is 0 Å². The van der Waals surface area contributed by atoms with Crippen molar-refractivity contribution in [3.8, 4) is 0 Å². The van der Waals surface area contributed by atoms with Crippen molar-refractivity contribution in [1.82, 2.24) is 134 Å². The number of hydrogen-bond donors (Lipinski definition) is 16. The first-order valence-corrected chi connectivity index (χ1v) is 42.0. The molecule has 6 rings (SSSR count). The van der Waals surface area contributed by atoms with Crippen molar-refractivity contribution in [3.63, 3.8) is 0 Å². The highest BCUT2D eigenvalue weighted by Crippen LogP contribution is 2.06. The molecule has 0 saturated carbocycles. The predicted octanol–water partition coefficient (Wildman–Crippen LogP) is -14.7. The Balaban J connectivity index is 1.19. The van der Waals surface area contributed by atoms with E-state index >= 15 is 0 Å². The van der Waals surface area contributed by atoms with E-state index in [2.05, 4.69) is 42.5 Å². The molecule has 0 fully saturated rings. The molecule has 6 aromatic heterocycles. The molecule has 0 aromatic carbocycles. The average molecular weight is 1900 g/mol. The molecule has 0 bridgehead atoms. The molecule has 734 valence electrons. The first kappa shape index (κ1) is 108. The van der Waals surface area contributed by atoms with Crippen LogP contribution in [0.25, 0.3) is 0 Å². The van der Waals surface area contributed by atoms with Gasteiger partial charge in [-0.15, -0.1) is 0 Å². The molecule has 0 saturated heterocycles. The molecule has 0 aliphatic heterocycles. The summed E-state index contributed by atoms with van der Waals surface area (Å²) in [4.78, 5) is 376. The molecule has 0 spiro atoms. The van der Waals surface area contributed by atoms with Crippen LogP contribution in [0.1, 0.15) is 70.9 Å². The van der Waals surface area contributed by atoms with Crippen LogP contribution in [-0.2, 0) is 106 Å². The minimum absolute atomic E-state index is 0.00814. The highest BCUT2D eigenvalue weighted by molar-refractivity contribution is 5.94. The van der Waals surface area contributed by atoms with Gasteiger partial charge in [-0.2, -0.15) is 0 Å². The number of primary amides is 1. The normalized spacial score (nSPS) is 11.2. The van der Waals surface area contributed by atoms with Crippen molar-refractivity contribution in [2.75, 3.05) is 152 Å². The zero-order chi connectivity index (χ0) is 100. The molecule has 15 amide bonds. The van der Waals surface area contributed by atoms with Gasteiger partial charge >= 0.3 is 34.1 Å². The minimum atomic E-state index is -1.20. The smallest absolute Gasteiger partial charge is 0.329 e. The lowest BCUT2D eigenvalue weighted by Gasteiger charge is -2.26. The third kappa shape index (κ3) is 35.4. The van der Waals surface area contributed by atoms with E-state index in [-0.39, 0.29) is 60.4 Å². The molecule has 0 aliphatic rings.